The summed E-state index contributed by atoms with van der Waals surface area (Å²) >= 11 is 0. The highest BCUT2D eigenvalue weighted by molar-refractivity contribution is 7.81. The van der Waals surface area contributed by atoms with E-state index in [9.17, 15) is 28.2 Å². The quantitative estimate of drug-likeness (QED) is 0.143. The Hall–Kier alpha value is -3.55. The summed E-state index contributed by atoms with van der Waals surface area (Å²) in [6.45, 7) is 4.44. The lowest BCUT2D eigenvalue weighted by molar-refractivity contribution is -0.101. The lowest BCUT2D eigenvalue weighted by Crippen LogP contribution is -2.45. The van der Waals surface area contributed by atoms with E-state index in [0.717, 1.165) is 87.7 Å². The second-order valence-electron chi connectivity index (χ2n) is 17.1. The van der Waals surface area contributed by atoms with Gasteiger partial charge in [-0.05, 0) is 101 Å². The van der Waals surface area contributed by atoms with Gasteiger partial charge < -0.3 is 50.1 Å². The summed E-state index contributed by atoms with van der Waals surface area (Å²) in [5.41, 5.74) is -0.882. The van der Waals surface area contributed by atoms with Crippen LogP contribution < -0.4 is 21.3 Å². The highest BCUT2D eigenvalue weighted by Gasteiger charge is 2.67. The molecule has 4 bridgehead atoms. The van der Waals surface area contributed by atoms with Crippen LogP contribution in [0.5, 0.6) is 0 Å². The Morgan fingerprint density at radius 3 is 1.49 bits per heavy atom. The molecular formula is C34H50N12O10S. The van der Waals surface area contributed by atoms with E-state index >= 15 is 0 Å². The maximum atomic E-state index is 13.9. The summed E-state index contributed by atoms with van der Waals surface area (Å²) < 4.78 is 50.1. The molecule has 2 saturated carbocycles. The van der Waals surface area contributed by atoms with Gasteiger partial charge in [-0.1, -0.05) is 0 Å². The summed E-state index contributed by atoms with van der Waals surface area (Å²) in [4.78, 5) is 30.6. The van der Waals surface area contributed by atoms with Gasteiger partial charge in [0.05, 0.1) is 12.1 Å². The zero-order valence-electron chi connectivity index (χ0n) is 31.5. The van der Waals surface area contributed by atoms with Crippen LogP contribution in [-0.4, -0.2) is 148 Å². The molecule has 8 fully saturated rings. The number of aliphatic hydroxyl groups is 2. The highest BCUT2D eigenvalue weighted by atomic mass is 32.3. The fourth-order valence-electron chi connectivity index (χ4n) is 9.90. The minimum atomic E-state index is -4.98. The SMILES string of the molecule is O=C1N2C[C@H](N1OS(=O)(=O)ON1C(=O)N3C[C@H]1C1(CC1)C[C@H]3c1nnc(C(O)CNC3CCNCC3)o1)C1(CC1)C[C@H]2c1nnc(C(O)CNC2CCNCC2)o1. The number of aromatic nitrogens is 4. The van der Waals surface area contributed by atoms with Crippen molar-refractivity contribution in [2.75, 3.05) is 52.4 Å². The molecule has 2 aromatic rings. The molecule has 2 unspecified atom stereocenters. The number of carbonyl (C=O) groups is 2. The van der Waals surface area contributed by atoms with E-state index in [1.165, 1.54) is 9.80 Å². The Kier molecular flexibility index (Phi) is 9.48. The van der Waals surface area contributed by atoms with Crippen molar-refractivity contribution in [3.63, 3.8) is 0 Å². The first kappa shape index (κ1) is 37.7. The molecule has 10 rings (SSSR count). The van der Waals surface area contributed by atoms with E-state index < -0.39 is 69.7 Å². The average Bonchev–Trinajstić information content (AvgIpc) is 3.90. The Morgan fingerprint density at radius 2 is 1.11 bits per heavy atom. The second-order valence-corrected chi connectivity index (χ2v) is 18.2. The van der Waals surface area contributed by atoms with E-state index in [1.807, 2.05) is 0 Å². The summed E-state index contributed by atoms with van der Waals surface area (Å²) in [6, 6.07) is -3.32. The van der Waals surface area contributed by atoms with Gasteiger partial charge >= 0.3 is 22.5 Å². The van der Waals surface area contributed by atoms with Gasteiger partial charge in [0.15, 0.2) is 0 Å². The predicted octanol–water partition coefficient (Wildman–Crippen LogP) is -0.327. The third kappa shape index (κ3) is 6.96. The molecule has 312 valence electrons. The molecule has 57 heavy (non-hydrogen) atoms. The van der Waals surface area contributed by atoms with Gasteiger partial charge in [-0.3, -0.25) is 0 Å². The molecule has 6 atom stereocenters. The Labute approximate surface area is 328 Å². The number of hydrogen-bond donors (Lipinski definition) is 6. The molecule has 6 aliphatic heterocycles. The first-order valence-corrected chi connectivity index (χ1v) is 21.6. The third-order valence-corrected chi connectivity index (χ3v) is 14.3. The smallest absolute Gasteiger partial charge is 0.420 e. The van der Waals surface area contributed by atoms with Crippen molar-refractivity contribution in [2.45, 2.75) is 113 Å². The number of aliphatic hydroxyl groups excluding tert-OH is 2. The van der Waals surface area contributed by atoms with Crippen LogP contribution in [0.4, 0.5) is 9.59 Å². The molecular weight excluding hydrogens is 769 g/mol. The van der Waals surface area contributed by atoms with E-state index in [4.69, 9.17) is 17.4 Å². The van der Waals surface area contributed by atoms with Gasteiger partial charge in [-0.25, -0.2) is 9.59 Å². The van der Waals surface area contributed by atoms with Crippen LogP contribution in [0.3, 0.4) is 0 Å². The molecule has 0 radical (unpaired) electrons. The number of nitrogens with zero attached hydrogens (tertiary/aromatic N) is 8. The third-order valence-electron chi connectivity index (χ3n) is 13.6. The van der Waals surface area contributed by atoms with Crippen LogP contribution >= 0.6 is 0 Å². The number of amides is 4. The van der Waals surface area contributed by atoms with Crippen LogP contribution in [0.15, 0.2) is 8.83 Å². The van der Waals surface area contributed by atoms with Gasteiger partial charge in [0, 0.05) is 38.3 Å². The van der Waals surface area contributed by atoms with Crippen molar-refractivity contribution in [1.82, 2.24) is 61.6 Å². The molecule has 22 nitrogen and oxygen atoms in total. The number of piperidine rings is 4. The first-order chi connectivity index (χ1) is 27.5. The van der Waals surface area contributed by atoms with Gasteiger partial charge in [0.1, 0.15) is 24.3 Å². The monoisotopic (exact) mass is 818 g/mol. The lowest BCUT2D eigenvalue weighted by Gasteiger charge is -2.35. The van der Waals surface area contributed by atoms with Crippen molar-refractivity contribution in [1.29, 1.82) is 0 Å². The number of nitrogens with one attached hydrogen (secondary N) is 4. The fourth-order valence-corrected chi connectivity index (χ4v) is 10.7. The van der Waals surface area contributed by atoms with E-state index in [0.29, 0.717) is 12.8 Å². The summed E-state index contributed by atoms with van der Waals surface area (Å²) in [5.74, 6) is 0.405. The molecule has 4 amide bonds. The highest BCUT2D eigenvalue weighted by Crippen LogP contribution is 2.63. The zero-order valence-corrected chi connectivity index (χ0v) is 32.3. The zero-order chi connectivity index (χ0) is 39.1. The summed E-state index contributed by atoms with van der Waals surface area (Å²) in [5, 5.41) is 53.2. The van der Waals surface area contributed by atoms with Crippen LogP contribution in [0.2, 0.25) is 0 Å². The molecule has 23 heteroatoms. The standard InChI is InChI=1S/C34H50N12O10S/c47-23(15-37-19-1-9-35-10-2-19)29-41-39-27(53-29)21-13-33(5-6-33)25-17-43(21)31(49)45(25)55-57(51,52)56-46-26-18-44(32(46)50)22(14-34(26)7-8-34)28-40-42-30(54-28)24(48)16-38-20-3-11-36-12-4-20/h19-26,35-38,47-48H,1-18H2/t21-,22-,23?,24?,25-,26-/m0/s1. The molecule has 2 aromatic heterocycles. The molecule has 6 saturated heterocycles. The number of hydrogen-bond acceptors (Lipinski definition) is 18. The maximum Gasteiger partial charge on any atom is 0.442 e. The number of fused-ring (bicyclic) bond motifs is 6. The molecule has 2 aliphatic carbocycles. The van der Waals surface area contributed by atoms with E-state index in [2.05, 4.69) is 41.7 Å². The molecule has 8 heterocycles. The normalized spacial score (nSPS) is 30.6. The van der Waals surface area contributed by atoms with E-state index in [-0.39, 0.29) is 61.8 Å². The van der Waals surface area contributed by atoms with Gasteiger partial charge in [0.2, 0.25) is 23.6 Å². The van der Waals surface area contributed by atoms with Gasteiger partial charge in [-0.15, -0.1) is 29.0 Å². The number of rotatable bonds is 14. The maximum absolute atomic E-state index is 13.9. The topological polar surface area (TPSA) is 266 Å². The van der Waals surface area contributed by atoms with Crippen LogP contribution in [-0.2, 0) is 19.0 Å². The first-order valence-electron chi connectivity index (χ1n) is 20.3. The fraction of sp³-hybridized carbons (Fsp3) is 0.824. The minimum absolute atomic E-state index is 0.0402. The molecule has 8 aliphatic rings. The molecule has 2 spiro atoms. The van der Waals surface area contributed by atoms with Crippen LogP contribution in [0.25, 0.3) is 0 Å². The van der Waals surface area contributed by atoms with Crippen molar-refractivity contribution >= 4 is 22.5 Å². The number of urea groups is 2. The Bertz CT molecular complexity index is 1820. The van der Waals surface area contributed by atoms with Crippen molar-refractivity contribution < 1.29 is 45.6 Å². The minimum Gasteiger partial charge on any atom is -0.420 e. The van der Waals surface area contributed by atoms with Gasteiger partial charge in [-0.2, -0.15) is 18.5 Å². The Balaban J connectivity index is 0.792. The second kappa shape index (κ2) is 14.3. The average molecular weight is 819 g/mol. The molecule has 0 aromatic carbocycles. The Morgan fingerprint density at radius 1 is 0.702 bits per heavy atom. The number of hydroxylamine groups is 4. The van der Waals surface area contributed by atoms with Crippen LogP contribution in [0.1, 0.15) is 112 Å². The van der Waals surface area contributed by atoms with Crippen LogP contribution in [0, 0.1) is 10.8 Å². The largest absolute Gasteiger partial charge is 0.442 e. The number of carbonyl (C=O) groups excluding carboxylic acids is 2. The van der Waals surface area contributed by atoms with Crippen molar-refractivity contribution in [3.8, 4) is 0 Å². The van der Waals surface area contributed by atoms with E-state index in [1.54, 1.807) is 0 Å². The summed E-state index contributed by atoms with van der Waals surface area (Å²) in [7, 11) is -4.98. The predicted molar refractivity (Wildman–Crippen MR) is 191 cm³/mol. The molecule has 6 N–H and O–H groups in total. The van der Waals surface area contributed by atoms with Crippen molar-refractivity contribution in [3.05, 3.63) is 23.6 Å². The summed E-state index contributed by atoms with van der Waals surface area (Å²) in [6.07, 6.45) is 5.54. The van der Waals surface area contributed by atoms with Gasteiger partial charge in [0.25, 0.3) is 0 Å². The van der Waals surface area contributed by atoms with Crippen molar-refractivity contribution in [2.24, 2.45) is 10.8 Å². The lowest BCUT2D eigenvalue weighted by atomic mass is 9.85.